The highest BCUT2D eigenvalue weighted by Gasteiger charge is 2.28. The summed E-state index contributed by atoms with van der Waals surface area (Å²) < 4.78 is 0. The zero-order valence-electron chi connectivity index (χ0n) is 15.4. The number of carbonyl (C=O) groups excluding carboxylic acids is 1. The molecule has 0 saturated carbocycles. The number of nitrogens with zero attached hydrogens (tertiary/aromatic N) is 2. The number of amidine groups is 1. The number of benzene rings is 2. The molecule has 2 heterocycles. The van der Waals surface area contributed by atoms with E-state index in [9.17, 15) is 4.79 Å². The summed E-state index contributed by atoms with van der Waals surface area (Å²) in [6, 6.07) is 13.3. The van der Waals surface area contributed by atoms with Gasteiger partial charge in [0.05, 0.1) is 11.7 Å². The third kappa shape index (κ3) is 3.37. The van der Waals surface area contributed by atoms with Crippen molar-refractivity contribution in [1.29, 1.82) is 0 Å². The molecule has 138 valence electrons. The molecule has 0 saturated heterocycles. The fraction of sp³-hybridized carbons (Fsp3) is 0.238. The predicted molar refractivity (Wildman–Crippen MR) is 115 cm³/mol. The van der Waals surface area contributed by atoms with E-state index in [0.29, 0.717) is 10.6 Å². The molecule has 2 aromatic carbocycles. The largest absolute Gasteiger partial charge is 0.358 e. The standard InChI is InChI=1S/C21H20ClN3OS/c1-12-11-27-21(23-12)25(17-7-5-16(22)6-8-17)20(26)15-4-9-19-18(10-15)13(2)14(3)24-19/h4-10,12,24H,11H2,1-3H3. The molecule has 0 bridgehead atoms. The van der Waals surface area contributed by atoms with Crippen molar-refractivity contribution in [3.63, 3.8) is 0 Å². The summed E-state index contributed by atoms with van der Waals surface area (Å²) in [5.41, 5.74) is 4.74. The SMILES string of the molecule is Cc1[nH]c2ccc(C(=O)N(C3=NC(C)CS3)c3ccc(Cl)cc3)cc2c1C. The Morgan fingerprint density at radius 2 is 1.96 bits per heavy atom. The number of halogens is 1. The Balaban J connectivity index is 1.79. The van der Waals surface area contributed by atoms with E-state index in [4.69, 9.17) is 11.6 Å². The number of hydrogen-bond donors (Lipinski definition) is 1. The zero-order chi connectivity index (χ0) is 19.1. The van der Waals surface area contributed by atoms with Gasteiger partial charge in [-0.05, 0) is 68.8 Å². The highest BCUT2D eigenvalue weighted by molar-refractivity contribution is 8.14. The highest BCUT2D eigenvalue weighted by atomic mass is 35.5. The molecule has 1 aliphatic rings. The van der Waals surface area contributed by atoms with Crippen molar-refractivity contribution >= 4 is 51.0 Å². The van der Waals surface area contributed by atoms with Gasteiger partial charge in [-0.15, -0.1) is 0 Å². The summed E-state index contributed by atoms with van der Waals surface area (Å²) in [5, 5.41) is 2.45. The third-order valence-corrected chi connectivity index (χ3v) is 6.27. The molecule has 0 radical (unpaired) electrons. The molecule has 27 heavy (non-hydrogen) atoms. The second-order valence-electron chi connectivity index (χ2n) is 6.82. The molecule has 1 atom stereocenters. The van der Waals surface area contributed by atoms with Crippen LogP contribution < -0.4 is 4.90 Å². The lowest BCUT2D eigenvalue weighted by molar-refractivity contribution is 0.100. The molecular weight excluding hydrogens is 378 g/mol. The minimum absolute atomic E-state index is 0.0853. The van der Waals surface area contributed by atoms with E-state index in [1.54, 1.807) is 28.8 Å². The summed E-state index contributed by atoms with van der Waals surface area (Å²) in [5.74, 6) is 0.791. The van der Waals surface area contributed by atoms with Crippen molar-refractivity contribution in [2.24, 2.45) is 4.99 Å². The fourth-order valence-corrected chi connectivity index (χ4v) is 4.37. The quantitative estimate of drug-likeness (QED) is 0.613. The second kappa shape index (κ2) is 7.06. The minimum atomic E-state index is -0.0853. The molecule has 3 aromatic rings. The zero-order valence-corrected chi connectivity index (χ0v) is 17.0. The van der Waals surface area contributed by atoms with Gasteiger partial charge in [-0.1, -0.05) is 23.4 Å². The first kappa shape index (κ1) is 18.1. The van der Waals surface area contributed by atoms with Crippen LogP contribution in [0.1, 0.15) is 28.5 Å². The van der Waals surface area contributed by atoms with Gasteiger partial charge in [0.15, 0.2) is 5.17 Å². The summed E-state index contributed by atoms with van der Waals surface area (Å²) in [6.07, 6.45) is 0. The van der Waals surface area contributed by atoms with Crippen molar-refractivity contribution in [3.05, 3.63) is 64.3 Å². The van der Waals surface area contributed by atoms with Crippen LogP contribution in [0.25, 0.3) is 10.9 Å². The number of aryl methyl sites for hydroxylation is 2. The number of anilines is 1. The summed E-state index contributed by atoms with van der Waals surface area (Å²) in [6.45, 7) is 6.17. The van der Waals surface area contributed by atoms with E-state index in [-0.39, 0.29) is 11.9 Å². The average Bonchev–Trinajstić information content (AvgIpc) is 3.20. The summed E-state index contributed by atoms with van der Waals surface area (Å²) in [7, 11) is 0. The van der Waals surface area contributed by atoms with Crippen molar-refractivity contribution in [3.8, 4) is 0 Å². The van der Waals surface area contributed by atoms with Crippen molar-refractivity contribution in [1.82, 2.24) is 4.98 Å². The van der Waals surface area contributed by atoms with Crippen LogP contribution in [0.2, 0.25) is 5.02 Å². The number of aliphatic imine (C=N–C) groups is 1. The normalized spacial score (nSPS) is 16.6. The van der Waals surface area contributed by atoms with Crippen LogP contribution in [0.4, 0.5) is 5.69 Å². The second-order valence-corrected chi connectivity index (χ2v) is 8.25. The number of rotatable bonds is 2. The highest BCUT2D eigenvalue weighted by Crippen LogP contribution is 2.29. The van der Waals surface area contributed by atoms with Crippen LogP contribution >= 0.6 is 23.4 Å². The van der Waals surface area contributed by atoms with Crippen molar-refractivity contribution < 1.29 is 4.79 Å². The van der Waals surface area contributed by atoms with Crippen LogP contribution in [0.15, 0.2) is 47.5 Å². The summed E-state index contributed by atoms with van der Waals surface area (Å²) in [4.78, 5) is 23.2. The number of thioether (sulfide) groups is 1. The molecule has 6 heteroatoms. The molecule has 4 rings (SSSR count). The number of H-pyrrole nitrogens is 1. The first-order valence-electron chi connectivity index (χ1n) is 8.83. The Kier molecular flexibility index (Phi) is 4.74. The van der Waals surface area contributed by atoms with Gasteiger partial charge < -0.3 is 4.98 Å². The molecule has 0 fully saturated rings. The Bertz CT molecular complexity index is 1060. The van der Waals surface area contributed by atoms with Crippen LogP contribution in [0.5, 0.6) is 0 Å². The van der Waals surface area contributed by atoms with Gasteiger partial charge in [-0.25, -0.2) is 0 Å². The number of aromatic amines is 1. The number of aromatic nitrogens is 1. The van der Waals surface area contributed by atoms with Gasteiger partial charge in [0.1, 0.15) is 0 Å². The van der Waals surface area contributed by atoms with E-state index in [1.165, 1.54) is 5.56 Å². The Morgan fingerprint density at radius 1 is 1.22 bits per heavy atom. The Hall–Kier alpha value is -2.24. The van der Waals surface area contributed by atoms with Crippen molar-refractivity contribution in [2.75, 3.05) is 10.7 Å². The third-order valence-electron chi connectivity index (χ3n) is 4.82. The maximum Gasteiger partial charge on any atom is 0.264 e. The molecule has 1 aromatic heterocycles. The predicted octanol–water partition coefficient (Wildman–Crippen LogP) is 5.58. The fourth-order valence-electron chi connectivity index (χ4n) is 3.21. The number of carbonyl (C=O) groups is 1. The molecular formula is C21H20ClN3OS. The number of fused-ring (bicyclic) bond motifs is 1. The first-order chi connectivity index (χ1) is 12.9. The monoisotopic (exact) mass is 397 g/mol. The molecule has 0 spiro atoms. The van der Waals surface area contributed by atoms with E-state index in [0.717, 1.165) is 33.2 Å². The van der Waals surface area contributed by atoms with Gasteiger partial charge in [0.25, 0.3) is 5.91 Å². The van der Waals surface area contributed by atoms with Crippen LogP contribution in [-0.2, 0) is 0 Å². The lowest BCUT2D eigenvalue weighted by Gasteiger charge is -2.22. The molecule has 1 unspecified atom stereocenters. The molecule has 1 amide bonds. The van der Waals surface area contributed by atoms with Gasteiger partial charge in [-0.2, -0.15) is 0 Å². The van der Waals surface area contributed by atoms with Crippen LogP contribution in [0.3, 0.4) is 0 Å². The van der Waals surface area contributed by atoms with E-state index in [2.05, 4.69) is 23.8 Å². The molecule has 0 aliphatic carbocycles. The van der Waals surface area contributed by atoms with Gasteiger partial charge in [0.2, 0.25) is 0 Å². The number of hydrogen-bond acceptors (Lipinski definition) is 3. The van der Waals surface area contributed by atoms with Gasteiger partial charge in [0, 0.05) is 32.9 Å². The maximum absolute atomic E-state index is 13.5. The first-order valence-corrected chi connectivity index (χ1v) is 10.2. The van der Waals surface area contributed by atoms with Crippen LogP contribution in [0, 0.1) is 13.8 Å². The lowest BCUT2D eigenvalue weighted by atomic mass is 10.1. The Labute approximate surface area is 167 Å². The maximum atomic E-state index is 13.5. The smallest absolute Gasteiger partial charge is 0.264 e. The molecule has 1 N–H and O–H groups in total. The summed E-state index contributed by atoms with van der Waals surface area (Å²) >= 11 is 7.65. The number of amides is 1. The van der Waals surface area contributed by atoms with E-state index >= 15 is 0 Å². The molecule has 4 nitrogen and oxygen atoms in total. The minimum Gasteiger partial charge on any atom is -0.358 e. The van der Waals surface area contributed by atoms with Gasteiger partial charge >= 0.3 is 0 Å². The Morgan fingerprint density at radius 3 is 2.63 bits per heavy atom. The van der Waals surface area contributed by atoms with E-state index < -0.39 is 0 Å². The topological polar surface area (TPSA) is 48.5 Å². The van der Waals surface area contributed by atoms with Crippen LogP contribution in [-0.4, -0.2) is 27.9 Å². The van der Waals surface area contributed by atoms with E-state index in [1.807, 2.05) is 37.3 Å². The molecule has 1 aliphatic heterocycles. The van der Waals surface area contributed by atoms with Crippen molar-refractivity contribution in [2.45, 2.75) is 26.8 Å². The number of nitrogens with one attached hydrogen (secondary N) is 1. The lowest BCUT2D eigenvalue weighted by Crippen LogP contribution is -2.34. The van der Waals surface area contributed by atoms with Gasteiger partial charge in [-0.3, -0.25) is 14.7 Å². The average molecular weight is 398 g/mol.